The van der Waals surface area contributed by atoms with E-state index in [9.17, 15) is 13.2 Å². The Morgan fingerprint density at radius 3 is 2.24 bits per heavy atom. The molecule has 0 saturated carbocycles. The fourth-order valence-corrected chi connectivity index (χ4v) is 2.24. The lowest BCUT2D eigenvalue weighted by atomic mass is 10.1. The van der Waals surface area contributed by atoms with Gasteiger partial charge in [-0.2, -0.15) is 13.2 Å². The van der Waals surface area contributed by atoms with Gasteiger partial charge in [0.1, 0.15) is 0 Å². The molecule has 0 fully saturated rings. The van der Waals surface area contributed by atoms with Gasteiger partial charge in [0, 0.05) is 24.5 Å². The molecule has 2 N–H and O–H groups in total. The van der Waals surface area contributed by atoms with Crippen LogP contribution in [-0.2, 0) is 12.7 Å². The van der Waals surface area contributed by atoms with Crippen molar-refractivity contribution in [2.45, 2.75) is 19.6 Å². The molecule has 5 heteroatoms. The Kier molecular flexibility index (Phi) is 4.40. The van der Waals surface area contributed by atoms with E-state index in [0.29, 0.717) is 18.8 Å². The number of hydrogen-bond donors (Lipinski definition) is 1. The maximum Gasteiger partial charge on any atom is 0.418 e. The molecule has 112 valence electrons. The van der Waals surface area contributed by atoms with Crippen LogP contribution in [0.2, 0.25) is 0 Å². The second-order valence-electron chi connectivity index (χ2n) is 4.73. The fourth-order valence-electron chi connectivity index (χ4n) is 2.24. The lowest BCUT2D eigenvalue weighted by Gasteiger charge is -2.27. The number of halogens is 3. The molecule has 0 heterocycles. The number of benzene rings is 2. The van der Waals surface area contributed by atoms with Gasteiger partial charge in [-0.3, -0.25) is 0 Å². The quantitative estimate of drug-likeness (QED) is 0.851. The van der Waals surface area contributed by atoms with E-state index in [1.807, 2.05) is 19.1 Å². The summed E-state index contributed by atoms with van der Waals surface area (Å²) in [5.41, 5.74) is 6.83. The minimum absolute atomic E-state index is 0.177. The number of nitrogen functional groups attached to an aromatic ring is 1. The lowest BCUT2D eigenvalue weighted by Crippen LogP contribution is -2.25. The molecule has 0 aliphatic rings. The second-order valence-corrected chi connectivity index (χ2v) is 4.73. The largest absolute Gasteiger partial charge is 0.418 e. The zero-order valence-corrected chi connectivity index (χ0v) is 11.7. The van der Waals surface area contributed by atoms with E-state index in [1.165, 1.54) is 12.1 Å². The molecule has 0 amide bonds. The number of rotatable bonds is 4. The smallest absolute Gasteiger partial charge is 0.398 e. The Hall–Kier alpha value is -2.17. The van der Waals surface area contributed by atoms with Crippen LogP contribution < -0.4 is 10.6 Å². The molecule has 0 spiro atoms. The average Bonchev–Trinajstić information content (AvgIpc) is 2.45. The molecule has 0 aliphatic heterocycles. The van der Waals surface area contributed by atoms with Crippen LogP contribution in [0.4, 0.5) is 24.5 Å². The van der Waals surface area contributed by atoms with E-state index in [4.69, 9.17) is 5.73 Å². The summed E-state index contributed by atoms with van der Waals surface area (Å²) < 4.78 is 39.3. The van der Waals surface area contributed by atoms with Crippen LogP contribution in [0, 0.1) is 0 Å². The molecule has 0 radical (unpaired) electrons. The van der Waals surface area contributed by atoms with Crippen molar-refractivity contribution in [1.29, 1.82) is 0 Å². The summed E-state index contributed by atoms with van der Waals surface area (Å²) >= 11 is 0. The van der Waals surface area contributed by atoms with E-state index >= 15 is 0 Å². The van der Waals surface area contributed by atoms with Gasteiger partial charge >= 0.3 is 6.18 Å². The molecule has 0 bridgehead atoms. The van der Waals surface area contributed by atoms with E-state index in [2.05, 4.69) is 0 Å². The SMILES string of the molecule is CCN(Cc1ccccc1N)c1ccccc1C(F)(F)F. The molecule has 0 unspecified atom stereocenters. The van der Waals surface area contributed by atoms with E-state index in [1.54, 1.807) is 23.1 Å². The predicted octanol–water partition coefficient (Wildman–Crippen LogP) is 4.31. The number of alkyl halides is 3. The summed E-state index contributed by atoms with van der Waals surface area (Å²) in [6, 6.07) is 12.8. The molecule has 2 nitrogen and oxygen atoms in total. The topological polar surface area (TPSA) is 29.3 Å². The number of nitrogens with two attached hydrogens (primary N) is 1. The molecule has 21 heavy (non-hydrogen) atoms. The molecule has 0 atom stereocenters. The molecule has 0 aromatic heterocycles. The van der Waals surface area contributed by atoms with Crippen molar-refractivity contribution in [3.05, 3.63) is 59.7 Å². The Balaban J connectivity index is 2.37. The van der Waals surface area contributed by atoms with Crippen molar-refractivity contribution in [1.82, 2.24) is 0 Å². The number of para-hydroxylation sites is 2. The Bertz CT molecular complexity index is 608. The highest BCUT2D eigenvalue weighted by atomic mass is 19.4. The maximum absolute atomic E-state index is 13.1. The van der Waals surface area contributed by atoms with Crippen molar-refractivity contribution < 1.29 is 13.2 Å². The summed E-state index contributed by atoms with van der Waals surface area (Å²) in [4.78, 5) is 1.68. The maximum atomic E-state index is 13.1. The van der Waals surface area contributed by atoms with Crippen molar-refractivity contribution in [2.75, 3.05) is 17.2 Å². The molecule has 2 aromatic rings. The zero-order valence-electron chi connectivity index (χ0n) is 11.7. The van der Waals surface area contributed by atoms with Gasteiger partial charge < -0.3 is 10.6 Å². The Morgan fingerprint density at radius 2 is 1.62 bits per heavy atom. The van der Waals surface area contributed by atoms with Gasteiger partial charge in [-0.05, 0) is 30.7 Å². The number of nitrogens with zero attached hydrogens (tertiary/aromatic N) is 1. The summed E-state index contributed by atoms with van der Waals surface area (Å²) in [6.45, 7) is 2.63. The van der Waals surface area contributed by atoms with Crippen molar-refractivity contribution in [3.63, 3.8) is 0 Å². The minimum atomic E-state index is -4.37. The minimum Gasteiger partial charge on any atom is -0.398 e. The lowest BCUT2D eigenvalue weighted by molar-refractivity contribution is -0.137. The summed E-state index contributed by atoms with van der Waals surface area (Å²) in [7, 11) is 0. The van der Waals surface area contributed by atoms with Crippen molar-refractivity contribution >= 4 is 11.4 Å². The second kappa shape index (κ2) is 6.08. The Labute approximate surface area is 122 Å². The summed E-state index contributed by atoms with van der Waals surface area (Å²) in [5, 5.41) is 0. The van der Waals surface area contributed by atoms with Crippen LogP contribution in [0.25, 0.3) is 0 Å². The Morgan fingerprint density at radius 1 is 1.00 bits per heavy atom. The van der Waals surface area contributed by atoms with Crippen LogP contribution in [0.3, 0.4) is 0 Å². The van der Waals surface area contributed by atoms with E-state index < -0.39 is 11.7 Å². The van der Waals surface area contributed by atoms with Crippen LogP contribution in [0.15, 0.2) is 48.5 Å². The molecule has 0 saturated heterocycles. The number of anilines is 2. The van der Waals surface area contributed by atoms with Crippen molar-refractivity contribution in [2.24, 2.45) is 0 Å². The van der Waals surface area contributed by atoms with Crippen LogP contribution in [0.5, 0.6) is 0 Å². The monoisotopic (exact) mass is 294 g/mol. The standard InChI is InChI=1S/C16H17F3N2/c1-2-21(11-12-7-3-5-9-14(12)20)15-10-6-4-8-13(15)16(17,18)19/h3-10H,2,11,20H2,1H3. The predicted molar refractivity (Wildman–Crippen MR) is 79.0 cm³/mol. The van der Waals surface area contributed by atoms with Crippen LogP contribution in [-0.4, -0.2) is 6.54 Å². The fraction of sp³-hybridized carbons (Fsp3) is 0.250. The van der Waals surface area contributed by atoms with Gasteiger partial charge in [-0.25, -0.2) is 0 Å². The third kappa shape index (κ3) is 3.48. The first-order valence-corrected chi connectivity index (χ1v) is 6.68. The highest BCUT2D eigenvalue weighted by Gasteiger charge is 2.34. The van der Waals surface area contributed by atoms with Gasteiger partial charge in [0.2, 0.25) is 0 Å². The zero-order chi connectivity index (χ0) is 15.5. The molecular formula is C16H17F3N2. The summed E-state index contributed by atoms with van der Waals surface area (Å²) in [6.07, 6.45) is -4.37. The highest BCUT2D eigenvalue weighted by Crippen LogP contribution is 2.37. The van der Waals surface area contributed by atoms with Crippen LogP contribution in [0.1, 0.15) is 18.1 Å². The summed E-state index contributed by atoms with van der Waals surface area (Å²) in [5.74, 6) is 0. The number of hydrogen-bond acceptors (Lipinski definition) is 2. The van der Waals surface area contributed by atoms with E-state index in [0.717, 1.165) is 11.6 Å². The van der Waals surface area contributed by atoms with Gasteiger partial charge in [-0.1, -0.05) is 30.3 Å². The van der Waals surface area contributed by atoms with E-state index in [-0.39, 0.29) is 5.69 Å². The average molecular weight is 294 g/mol. The first-order valence-electron chi connectivity index (χ1n) is 6.68. The van der Waals surface area contributed by atoms with Gasteiger partial charge in [0.05, 0.1) is 5.56 Å². The van der Waals surface area contributed by atoms with Gasteiger partial charge in [0.15, 0.2) is 0 Å². The third-order valence-electron chi connectivity index (χ3n) is 3.35. The normalized spacial score (nSPS) is 11.4. The molecule has 2 rings (SSSR count). The van der Waals surface area contributed by atoms with Gasteiger partial charge in [0.25, 0.3) is 0 Å². The highest BCUT2D eigenvalue weighted by molar-refractivity contribution is 5.57. The molecular weight excluding hydrogens is 277 g/mol. The molecule has 0 aliphatic carbocycles. The van der Waals surface area contributed by atoms with Crippen molar-refractivity contribution in [3.8, 4) is 0 Å². The van der Waals surface area contributed by atoms with Gasteiger partial charge in [-0.15, -0.1) is 0 Å². The third-order valence-corrected chi connectivity index (χ3v) is 3.35. The first kappa shape index (κ1) is 15.2. The van der Waals surface area contributed by atoms with Crippen LogP contribution >= 0.6 is 0 Å². The first-order chi connectivity index (χ1) is 9.93. The molecule has 2 aromatic carbocycles.